The van der Waals surface area contributed by atoms with E-state index < -0.39 is 0 Å². The Labute approximate surface area is 70.8 Å². The molecule has 0 atom stereocenters. The van der Waals surface area contributed by atoms with Gasteiger partial charge in [-0.1, -0.05) is 0 Å². The van der Waals surface area contributed by atoms with E-state index in [0.717, 1.165) is 17.6 Å². The summed E-state index contributed by atoms with van der Waals surface area (Å²) in [6.07, 6.45) is 2.02. The molecule has 0 radical (unpaired) electrons. The van der Waals surface area contributed by atoms with Gasteiger partial charge in [0.2, 0.25) is 0 Å². The minimum atomic E-state index is 0.580. The number of rotatable bonds is 1. The Kier molecular flexibility index (Phi) is 1.50. The molecule has 0 aliphatic rings. The van der Waals surface area contributed by atoms with Crippen molar-refractivity contribution in [2.24, 2.45) is 0 Å². The summed E-state index contributed by atoms with van der Waals surface area (Å²) in [7, 11) is 0. The molecule has 2 rings (SSSR count). The molecule has 2 N–H and O–H groups in total. The molecule has 0 fully saturated rings. The van der Waals surface area contributed by atoms with Crippen molar-refractivity contribution >= 4 is 16.9 Å². The van der Waals surface area contributed by atoms with Crippen molar-refractivity contribution in [1.29, 1.82) is 0 Å². The largest absolute Gasteiger partial charge is 0.384 e. The van der Waals surface area contributed by atoms with Gasteiger partial charge in [0.05, 0.1) is 11.0 Å². The van der Waals surface area contributed by atoms with E-state index in [0.29, 0.717) is 5.82 Å². The molecule has 3 heteroatoms. The number of nitrogens with zero attached hydrogens (tertiary/aromatic N) is 2. The van der Waals surface area contributed by atoms with E-state index in [4.69, 9.17) is 5.73 Å². The second kappa shape index (κ2) is 2.52. The fraction of sp³-hybridized carbons (Fsp3) is 0.222. The van der Waals surface area contributed by atoms with Crippen LogP contribution in [0.1, 0.15) is 6.92 Å². The summed E-state index contributed by atoms with van der Waals surface area (Å²) in [5.41, 5.74) is 7.67. The Morgan fingerprint density at radius 1 is 1.42 bits per heavy atom. The molecule has 62 valence electrons. The van der Waals surface area contributed by atoms with Crippen LogP contribution in [0.5, 0.6) is 0 Å². The highest BCUT2D eigenvalue weighted by Gasteiger charge is 1.99. The molecule has 2 aromatic rings. The van der Waals surface area contributed by atoms with Crippen LogP contribution in [0.4, 0.5) is 5.82 Å². The van der Waals surface area contributed by atoms with E-state index in [1.54, 1.807) is 0 Å². The van der Waals surface area contributed by atoms with Crippen LogP contribution >= 0.6 is 0 Å². The number of anilines is 1. The van der Waals surface area contributed by atoms with Gasteiger partial charge >= 0.3 is 0 Å². The molecule has 0 amide bonds. The lowest BCUT2D eigenvalue weighted by Gasteiger charge is -1.99. The van der Waals surface area contributed by atoms with Crippen molar-refractivity contribution in [2.75, 3.05) is 5.73 Å². The zero-order valence-corrected chi connectivity index (χ0v) is 6.99. The summed E-state index contributed by atoms with van der Waals surface area (Å²) in [6.45, 7) is 3.07. The summed E-state index contributed by atoms with van der Waals surface area (Å²) in [5.74, 6) is 0.580. The number of hydrogen-bond donors (Lipinski definition) is 1. The number of nitrogens with two attached hydrogens (primary N) is 1. The topological polar surface area (TPSA) is 43.8 Å². The van der Waals surface area contributed by atoms with E-state index >= 15 is 0 Å². The Morgan fingerprint density at radius 3 is 3.00 bits per heavy atom. The fourth-order valence-electron chi connectivity index (χ4n) is 1.37. The monoisotopic (exact) mass is 161 g/mol. The van der Waals surface area contributed by atoms with Crippen LogP contribution in [0.3, 0.4) is 0 Å². The first-order valence-electron chi connectivity index (χ1n) is 4.02. The predicted octanol–water partition coefficient (Wildman–Crippen LogP) is 1.64. The number of fused-ring (bicyclic) bond motifs is 1. The summed E-state index contributed by atoms with van der Waals surface area (Å²) in [5, 5.41) is 0. The molecule has 0 aliphatic heterocycles. The highest BCUT2D eigenvalue weighted by Crippen LogP contribution is 2.14. The highest BCUT2D eigenvalue weighted by atomic mass is 15.0. The lowest BCUT2D eigenvalue weighted by Crippen LogP contribution is -1.93. The van der Waals surface area contributed by atoms with Crippen LogP contribution in [-0.4, -0.2) is 9.55 Å². The van der Waals surface area contributed by atoms with Crippen molar-refractivity contribution in [3.8, 4) is 0 Å². The van der Waals surface area contributed by atoms with Crippen molar-refractivity contribution in [3.05, 3.63) is 24.4 Å². The van der Waals surface area contributed by atoms with Crippen molar-refractivity contribution in [1.82, 2.24) is 9.55 Å². The van der Waals surface area contributed by atoms with Crippen LogP contribution in [0.15, 0.2) is 24.4 Å². The fourth-order valence-corrected chi connectivity index (χ4v) is 1.37. The Bertz CT molecular complexity index is 403. The highest BCUT2D eigenvalue weighted by molar-refractivity contribution is 5.77. The molecule has 0 spiro atoms. The lowest BCUT2D eigenvalue weighted by molar-refractivity contribution is 0.797. The predicted molar refractivity (Wildman–Crippen MR) is 49.8 cm³/mol. The maximum absolute atomic E-state index is 5.55. The second-order valence-corrected chi connectivity index (χ2v) is 2.74. The summed E-state index contributed by atoms with van der Waals surface area (Å²) in [6, 6.07) is 5.81. The first-order valence-corrected chi connectivity index (χ1v) is 4.02. The number of aryl methyl sites for hydroxylation is 1. The van der Waals surface area contributed by atoms with Gasteiger partial charge in [-0.15, -0.1) is 0 Å². The molecule has 0 aromatic carbocycles. The van der Waals surface area contributed by atoms with Gasteiger partial charge in [0.1, 0.15) is 5.82 Å². The van der Waals surface area contributed by atoms with Crippen LogP contribution in [0.2, 0.25) is 0 Å². The first kappa shape index (κ1) is 7.16. The quantitative estimate of drug-likeness (QED) is 0.691. The van der Waals surface area contributed by atoms with Gasteiger partial charge in [0.25, 0.3) is 0 Å². The maximum Gasteiger partial charge on any atom is 0.124 e. The molecular weight excluding hydrogens is 150 g/mol. The zero-order chi connectivity index (χ0) is 8.55. The van der Waals surface area contributed by atoms with Gasteiger partial charge in [-0.25, -0.2) is 4.98 Å². The molecule has 0 aliphatic carbocycles. The molecule has 3 nitrogen and oxygen atoms in total. The van der Waals surface area contributed by atoms with E-state index in [1.807, 2.05) is 24.4 Å². The molecule has 0 bridgehead atoms. The SMILES string of the molecule is CCn1ccc2nc(N)ccc21. The van der Waals surface area contributed by atoms with E-state index in [-0.39, 0.29) is 0 Å². The molecule has 0 saturated carbocycles. The molecule has 0 unspecified atom stereocenters. The van der Waals surface area contributed by atoms with Crippen molar-refractivity contribution in [3.63, 3.8) is 0 Å². The number of pyridine rings is 1. The third-order valence-corrected chi connectivity index (χ3v) is 1.99. The van der Waals surface area contributed by atoms with Crippen LogP contribution < -0.4 is 5.73 Å². The first-order chi connectivity index (χ1) is 5.81. The van der Waals surface area contributed by atoms with Gasteiger partial charge in [0, 0.05) is 12.7 Å². The smallest absolute Gasteiger partial charge is 0.124 e. The van der Waals surface area contributed by atoms with Crippen LogP contribution in [0.25, 0.3) is 11.0 Å². The Balaban J connectivity index is 2.73. The molecule has 2 heterocycles. The number of nitrogen functional groups attached to an aromatic ring is 1. The van der Waals surface area contributed by atoms with Gasteiger partial charge in [-0.05, 0) is 25.1 Å². The van der Waals surface area contributed by atoms with Gasteiger partial charge in [-0.3, -0.25) is 0 Å². The third-order valence-electron chi connectivity index (χ3n) is 1.99. The second-order valence-electron chi connectivity index (χ2n) is 2.74. The van der Waals surface area contributed by atoms with Gasteiger partial charge < -0.3 is 10.3 Å². The molecule has 0 saturated heterocycles. The minimum Gasteiger partial charge on any atom is -0.384 e. The summed E-state index contributed by atoms with van der Waals surface area (Å²) >= 11 is 0. The molecular formula is C9H11N3. The number of aromatic nitrogens is 2. The van der Waals surface area contributed by atoms with Gasteiger partial charge in [-0.2, -0.15) is 0 Å². The maximum atomic E-state index is 5.55. The van der Waals surface area contributed by atoms with Crippen molar-refractivity contribution < 1.29 is 0 Å². The average Bonchev–Trinajstić information content (AvgIpc) is 2.46. The van der Waals surface area contributed by atoms with Crippen LogP contribution in [-0.2, 0) is 6.54 Å². The summed E-state index contributed by atoms with van der Waals surface area (Å²) in [4.78, 5) is 4.20. The van der Waals surface area contributed by atoms with Gasteiger partial charge in [0.15, 0.2) is 0 Å². The zero-order valence-electron chi connectivity index (χ0n) is 6.99. The van der Waals surface area contributed by atoms with Crippen molar-refractivity contribution in [2.45, 2.75) is 13.5 Å². The Hall–Kier alpha value is -1.51. The number of hydrogen-bond acceptors (Lipinski definition) is 2. The summed E-state index contributed by atoms with van der Waals surface area (Å²) < 4.78 is 2.14. The van der Waals surface area contributed by atoms with Crippen LogP contribution in [0, 0.1) is 0 Å². The minimum absolute atomic E-state index is 0.580. The third kappa shape index (κ3) is 0.942. The molecule has 2 aromatic heterocycles. The normalized spacial score (nSPS) is 10.8. The Morgan fingerprint density at radius 2 is 2.25 bits per heavy atom. The average molecular weight is 161 g/mol. The lowest BCUT2D eigenvalue weighted by atomic mass is 10.4. The van der Waals surface area contributed by atoms with E-state index in [1.165, 1.54) is 0 Å². The van der Waals surface area contributed by atoms with E-state index in [2.05, 4.69) is 16.5 Å². The standard InChI is InChI=1S/C9H11N3/c1-2-12-6-5-7-8(12)3-4-9(10)11-7/h3-6H,2H2,1H3,(H2,10,11). The molecule has 12 heavy (non-hydrogen) atoms. The van der Waals surface area contributed by atoms with E-state index in [9.17, 15) is 0 Å².